The fourth-order valence-corrected chi connectivity index (χ4v) is 3.02. The molecule has 2 aromatic carbocycles. The van der Waals surface area contributed by atoms with Crippen LogP contribution in [-0.4, -0.2) is 32.4 Å². The Hall–Kier alpha value is -3.38. The van der Waals surface area contributed by atoms with E-state index in [1.807, 2.05) is 65.4 Å². The molecule has 2 aromatic heterocycles. The van der Waals surface area contributed by atoms with Gasteiger partial charge in [0.05, 0.1) is 17.8 Å². The molecule has 0 aliphatic heterocycles. The van der Waals surface area contributed by atoms with E-state index in [-0.39, 0.29) is 12.2 Å². The largest absolute Gasteiger partial charge is 0.491 e. The van der Waals surface area contributed by atoms with E-state index in [0.717, 1.165) is 16.8 Å². The van der Waals surface area contributed by atoms with Crippen molar-refractivity contribution >= 4 is 11.0 Å². The monoisotopic (exact) mass is 361 g/mol. The summed E-state index contributed by atoms with van der Waals surface area (Å²) in [6, 6.07) is 17.2. The van der Waals surface area contributed by atoms with E-state index in [9.17, 15) is 9.90 Å². The van der Waals surface area contributed by atoms with Crippen LogP contribution in [0.4, 0.5) is 0 Å². The van der Waals surface area contributed by atoms with Gasteiger partial charge >= 0.3 is 0 Å². The van der Waals surface area contributed by atoms with Crippen molar-refractivity contribution in [2.45, 2.75) is 13.0 Å². The van der Waals surface area contributed by atoms with E-state index in [1.165, 1.54) is 6.33 Å². The second-order valence-corrected chi connectivity index (χ2v) is 6.36. The number of aromatic nitrogens is 3. The Labute approximate surface area is 155 Å². The number of hydrogen-bond donors (Lipinski definition) is 2. The Balaban J connectivity index is 1.81. The number of fused-ring (bicyclic) bond motifs is 1. The van der Waals surface area contributed by atoms with E-state index in [0.29, 0.717) is 16.8 Å². The normalized spacial score (nSPS) is 12.2. The minimum absolute atomic E-state index is 0.181. The first-order valence-electron chi connectivity index (χ1n) is 8.69. The molecule has 27 heavy (non-hydrogen) atoms. The van der Waals surface area contributed by atoms with Gasteiger partial charge in [-0.25, -0.2) is 4.98 Å². The Bertz CT molecular complexity index is 1110. The molecule has 0 saturated heterocycles. The van der Waals surface area contributed by atoms with Crippen molar-refractivity contribution in [3.8, 4) is 22.6 Å². The maximum absolute atomic E-state index is 12.5. The lowest BCUT2D eigenvalue weighted by Crippen LogP contribution is -2.12. The van der Waals surface area contributed by atoms with Crippen molar-refractivity contribution in [2.24, 2.45) is 0 Å². The number of benzene rings is 2. The average molecular weight is 361 g/mol. The summed E-state index contributed by atoms with van der Waals surface area (Å²) in [6.07, 6.45) is 2.81. The first-order chi connectivity index (χ1) is 13.1. The van der Waals surface area contributed by atoms with Crippen LogP contribution in [0.3, 0.4) is 0 Å². The lowest BCUT2D eigenvalue weighted by Gasteiger charge is -2.08. The lowest BCUT2D eigenvalue weighted by molar-refractivity contribution is 0.123. The molecule has 0 fully saturated rings. The fraction of sp³-hybridized carbons (Fsp3) is 0.143. The van der Waals surface area contributed by atoms with E-state index in [1.54, 1.807) is 6.92 Å². The molecular weight excluding hydrogens is 342 g/mol. The highest BCUT2D eigenvalue weighted by Crippen LogP contribution is 2.30. The number of nitrogens with zero attached hydrogens (tertiary/aromatic N) is 2. The zero-order valence-corrected chi connectivity index (χ0v) is 14.8. The second kappa shape index (κ2) is 7.09. The van der Waals surface area contributed by atoms with Crippen molar-refractivity contribution < 1.29 is 9.84 Å². The zero-order chi connectivity index (χ0) is 18.8. The summed E-state index contributed by atoms with van der Waals surface area (Å²) >= 11 is 0. The van der Waals surface area contributed by atoms with Gasteiger partial charge in [-0.3, -0.25) is 4.79 Å². The highest BCUT2D eigenvalue weighted by molar-refractivity contribution is 5.94. The molecule has 1 atom stereocenters. The van der Waals surface area contributed by atoms with Crippen molar-refractivity contribution in [3.63, 3.8) is 0 Å². The molecule has 6 nitrogen and oxygen atoms in total. The van der Waals surface area contributed by atoms with Gasteiger partial charge in [-0.05, 0) is 36.8 Å². The number of H-pyrrole nitrogens is 1. The van der Waals surface area contributed by atoms with E-state index < -0.39 is 6.10 Å². The van der Waals surface area contributed by atoms with E-state index >= 15 is 0 Å². The minimum atomic E-state index is -0.529. The molecule has 0 radical (unpaired) electrons. The first kappa shape index (κ1) is 17.1. The van der Waals surface area contributed by atoms with Gasteiger partial charge in [0, 0.05) is 17.4 Å². The number of aliphatic hydroxyl groups excluding tert-OH is 1. The SMILES string of the molecule is C[C@H](O)COc1ccc(-c2cn(-c3ccccc3)c3nc[nH]c(=O)c23)cc1. The third-order valence-corrected chi connectivity index (χ3v) is 4.28. The predicted octanol–water partition coefficient (Wildman–Crippen LogP) is 3.14. The summed E-state index contributed by atoms with van der Waals surface area (Å²) < 4.78 is 7.42. The van der Waals surface area contributed by atoms with Gasteiger partial charge in [-0.1, -0.05) is 30.3 Å². The van der Waals surface area contributed by atoms with Crippen molar-refractivity contribution in [1.82, 2.24) is 14.5 Å². The highest BCUT2D eigenvalue weighted by Gasteiger charge is 2.15. The molecule has 136 valence electrons. The summed E-state index contributed by atoms with van der Waals surface area (Å²) in [7, 11) is 0. The first-order valence-corrected chi connectivity index (χ1v) is 8.69. The van der Waals surface area contributed by atoms with Crippen LogP contribution in [0, 0.1) is 0 Å². The van der Waals surface area contributed by atoms with Crippen LogP contribution in [-0.2, 0) is 0 Å². The van der Waals surface area contributed by atoms with Crippen LogP contribution in [0.2, 0.25) is 0 Å². The molecule has 0 spiro atoms. The van der Waals surface area contributed by atoms with Gasteiger partial charge in [-0.15, -0.1) is 0 Å². The molecule has 4 aromatic rings. The smallest absolute Gasteiger partial charge is 0.260 e. The maximum atomic E-state index is 12.5. The molecule has 6 heteroatoms. The third-order valence-electron chi connectivity index (χ3n) is 4.28. The number of aliphatic hydroxyl groups is 1. The molecule has 0 aliphatic carbocycles. The van der Waals surface area contributed by atoms with Crippen LogP contribution in [0.5, 0.6) is 5.75 Å². The zero-order valence-electron chi connectivity index (χ0n) is 14.8. The summed E-state index contributed by atoms with van der Waals surface area (Å²) in [5.41, 5.74) is 3.04. The van der Waals surface area contributed by atoms with Crippen molar-refractivity contribution in [3.05, 3.63) is 77.5 Å². The molecule has 0 amide bonds. The summed E-state index contributed by atoms with van der Waals surface area (Å²) in [5, 5.41) is 9.87. The number of aromatic amines is 1. The van der Waals surface area contributed by atoms with Crippen LogP contribution in [0.25, 0.3) is 27.8 Å². The predicted molar refractivity (Wildman–Crippen MR) is 104 cm³/mol. The van der Waals surface area contributed by atoms with Gasteiger partial charge in [0.1, 0.15) is 12.4 Å². The maximum Gasteiger partial charge on any atom is 0.260 e. The molecular formula is C21H19N3O3. The molecule has 0 unspecified atom stereocenters. The Morgan fingerprint density at radius 2 is 1.89 bits per heavy atom. The molecule has 2 N–H and O–H groups in total. The van der Waals surface area contributed by atoms with E-state index in [4.69, 9.17) is 4.74 Å². The fourth-order valence-electron chi connectivity index (χ4n) is 3.02. The number of hydrogen-bond acceptors (Lipinski definition) is 4. The van der Waals surface area contributed by atoms with Gasteiger partial charge in [0.2, 0.25) is 0 Å². The standard InChI is InChI=1S/C21H19N3O3/c1-14(25)12-27-17-9-7-15(8-10-17)18-11-24(16-5-3-2-4-6-16)20-19(18)21(26)23-13-22-20/h2-11,13-14,25H,12H2,1H3,(H,22,23,26)/t14-/m0/s1. The van der Waals surface area contributed by atoms with Gasteiger partial charge in [0.25, 0.3) is 5.56 Å². The molecule has 2 heterocycles. The second-order valence-electron chi connectivity index (χ2n) is 6.36. The quantitative estimate of drug-likeness (QED) is 0.572. The van der Waals surface area contributed by atoms with Crippen LogP contribution in [0.15, 0.2) is 71.9 Å². The van der Waals surface area contributed by atoms with Crippen molar-refractivity contribution in [2.75, 3.05) is 6.61 Å². The minimum Gasteiger partial charge on any atom is -0.491 e. The molecule has 0 aliphatic rings. The van der Waals surface area contributed by atoms with E-state index in [2.05, 4.69) is 9.97 Å². The van der Waals surface area contributed by atoms with Crippen LogP contribution >= 0.6 is 0 Å². The number of rotatable bonds is 5. The highest BCUT2D eigenvalue weighted by atomic mass is 16.5. The summed E-state index contributed by atoms with van der Waals surface area (Å²) in [4.78, 5) is 19.5. The number of ether oxygens (including phenoxy) is 1. The molecule has 4 rings (SSSR count). The summed E-state index contributed by atoms with van der Waals surface area (Å²) in [6.45, 7) is 1.91. The van der Waals surface area contributed by atoms with Gasteiger partial charge in [0.15, 0.2) is 5.65 Å². The molecule has 0 saturated carbocycles. The van der Waals surface area contributed by atoms with Crippen molar-refractivity contribution in [1.29, 1.82) is 0 Å². The average Bonchev–Trinajstić information content (AvgIpc) is 3.08. The van der Waals surface area contributed by atoms with Crippen LogP contribution in [0.1, 0.15) is 6.92 Å². The Kier molecular flexibility index (Phi) is 4.48. The number of nitrogens with one attached hydrogen (secondary N) is 1. The number of para-hydroxylation sites is 1. The Morgan fingerprint density at radius 3 is 2.59 bits per heavy atom. The topological polar surface area (TPSA) is 80.1 Å². The molecule has 0 bridgehead atoms. The third kappa shape index (κ3) is 3.35. The van der Waals surface area contributed by atoms with Gasteiger partial charge in [-0.2, -0.15) is 0 Å². The van der Waals surface area contributed by atoms with Gasteiger partial charge < -0.3 is 19.4 Å². The van der Waals surface area contributed by atoms with Crippen LogP contribution < -0.4 is 10.3 Å². The summed E-state index contributed by atoms with van der Waals surface area (Å²) in [5.74, 6) is 0.665. The lowest BCUT2D eigenvalue weighted by atomic mass is 10.1. The Morgan fingerprint density at radius 1 is 1.15 bits per heavy atom.